The molecule has 2 heteroatoms. The SMILES string of the molecule is N[C@H]1CCN(CC2(c3ccccc3)CC2)C1. The minimum Gasteiger partial charge on any atom is -0.326 e. The van der Waals surface area contributed by atoms with Crippen molar-refractivity contribution in [3.63, 3.8) is 0 Å². The van der Waals surface area contributed by atoms with Gasteiger partial charge in [0.05, 0.1) is 0 Å². The summed E-state index contributed by atoms with van der Waals surface area (Å²) in [5.74, 6) is 0. The van der Waals surface area contributed by atoms with Crippen LogP contribution in [-0.4, -0.2) is 30.6 Å². The standard InChI is InChI=1S/C14H20N2/c15-13-6-9-16(10-13)11-14(7-8-14)12-4-2-1-3-5-12/h1-5,13H,6-11,15H2/t13-/m0/s1. The summed E-state index contributed by atoms with van der Waals surface area (Å²) >= 11 is 0. The second kappa shape index (κ2) is 3.86. The molecule has 2 fully saturated rings. The van der Waals surface area contributed by atoms with E-state index in [1.165, 1.54) is 37.9 Å². The van der Waals surface area contributed by atoms with Crippen LogP contribution in [0.3, 0.4) is 0 Å². The van der Waals surface area contributed by atoms with E-state index in [0.717, 1.165) is 6.54 Å². The molecule has 2 aliphatic rings. The summed E-state index contributed by atoms with van der Waals surface area (Å²) in [6.07, 6.45) is 3.87. The fourth-order valence-electron chi connectivity index (χ4n) is 2.91. The van der Waals surface area contributed by atoms with Gasteiger partial charge in [0.15, 0.2) is 0 Å². The van der Waals surface area contributed by atoms with Crippen molar-refractivity contribution in [3.05, 3.63) is 35.9 Å². The zero-order valence-corrected chi connectivity index (χ0v) is 9.73. The highest BCUT2D eigenvalue weighted by Crippen LogP contribution is 2.48. The molecule has 0 spiro atoms. The largest absolute Gasteiger partial charge is 0.326 e. The zero-order valence-electron chi connectivity index (χ0n) is 9.73. The molecule has 0 aromatic heterocycles. The summed E-state index contributed by atoms with van der Waals surface area (Å²) < 4.78 is 0. The van der Waals surface area contributed by atoms with Crippen molar-refractivity contribution in [2.24, 2.45) is 5.73 Å². The van der Waals surface area contributed by atoms with Crippen molar-refractivity contribution in [1.82, 2.24) is 4.90 Å². The molecular formula is C14H20N2. The summed E-state index contributed by atoms with van der Waals surface area (Å²) in [4.78, 5) is 2.55. The summed E-state index contributed by atoms with van der Waals surface area (Å²) in [5.41, 5.74) is 7.95. The third kappa shape index (κ3) is 1.87. The van der Waals surface area contributed by atoms with Crippen molar-refractivity contribution in [2.75, 3.05) is 19.6 Å². The van der Waals surface area contributed by atoms with E-state index in [0.29, 0.717) is 11.5 Å². The maximum atomic E-state index is 5.96. The van der Waals surface area contributed by atoms with Gasteiger partial charge in [-0.25, -0.2) is 0 Å². The normalized spacial score (nSPS) is 28.2. The van der Waals surface area contributed by atoms with Crippen LogP contribution >= 0.6 is 0 Å². The van der Waals surface area contributed by atoms with Gasteiger partial charge in [-0.1, -0.05) is 30.3 Å². The second-order valence-corrected chi connectivity index (χ2v) is 5.43. The molecule has 2 nitrogen and oxygen atoms in total. The highest BCUT2D eigenvalue weighted by Gasteiger charge is 2.45. The molecule has 1 saturated heterocycles. The number of hydrogen-bond acceptors (Lipinski definition) is 2. The van der Waals surface area contributed by atoms with E-state index in [9.17, 15) is 0 Å². The van der Waals surface area contributed by atoms with E-state index in [2.05, 4.69) is 35.2 Å². The fourth-order valence-corrected chi connectivity index (χ4v) is 2.91. The zero-order chi connectivity index (χ0) is 11.0. The molecule has 0 radical (unpaired) electrons. The average Bonchev–Trinajstić information content (AvgIpc) is 2.98. The number of likely N-dealkylation sites (tertiary alicyclic amines) is 1. The first-order chi connectivity index (χ1) is 7.78. The number of nitrogens with two attached hydrogens (primary N) is 1. The van der Waals surface area contributed by atoms with E-state index < -0.39 is 0 Å². The Morgan fingerprint density at radius 1 is 1.25 bits per heavy atom. The predicted octanol–water partition coefficient (Wildman–Crippen LogP) is 1.75. The van der Waals surface area contributed by atoms with Crippen molar-refractivity contribution in [1.29, 1.82) is 0 Å². The molecule has 0 unspecified atom stereocenters. The van der Waals surface area contributed by atoms with Gasteiger partial charge in [0.2, 0.25) is 0 Å². The van der Waals surface area contributed by atoms with Crippen LogP contribution in [0.15, 0.2) is 30.3 Å². The number of nitrogens with zero attached hydrogens (tertiary/aromatic N) is 1. The first-order valence-corrected chi connectivity index (χ1v) is 6.32. The van der Waals surface area contributed by atoms with Crippen LogP contribution in [0.4, 0.5) is 0 Å². The van der Waals surface area contributed by atoms with Crippen LogP contribution in [0.2, 0.25) is 0 Å². The third-order valence-electron chi connectivity index (χ3n) is 4.07. The minimum absolute atomic E-state index is 0.409. The van der Waals surface area contributed by atoms with Crippen LogP contribution in [0, 0.1) is 0 Å². The van der Waals surface area contributed by atoms with Crippen molar-refractivity contribution in [3.8, 4) is 0 Å². The summed E-state index contributed by atoms with van der Waals surface area (Å²) in [6, 6.07) is 11.4. The number of rotatable bonds is 3. The Morgan fingerprint density at radius 2 is 2.00 bits per heavy atom. The molecule has 0 amide bonds. The van der Waals surface area contributed by atoms with Crippen LogP contribution in [0.25, 0.3) is 0 Å². The van der Waals surface area contributed by atoms with Crippen LogP contribution in [0.5, 0.6) is 0 Å². The molecule has 1 atom stereocenters. The van der Waals surface area contributed by atoms with Crippen molar-refractivity contribution >= 4 is 0 Å². The Bertz CT molecular complexity index is 356. The molecule has 2 N–H and O–H groups in total. The monoisotopic (exact) mass is 216 g/mol. The smallest absolute Gasteiger partial charge is 0.0180 e. The van der Waals surface area contributed by atoms with E-state index in [4.69, 9.17) is 5.73 Å². The predicted molar refractivity (Wildman–Crippen MR) is 66.4 cm³/mol. The maximum Gasteiger partial charge on any atom is 0.0180 e. The van der Waals surface area contributed by atoms with Gasteiger partial charge >= 0.3 is 0 Å². The quantitative estimate of drug-likeness (QED) is 0.834. The van der Waals surface area contributed by atoms with Gasteiger partial charge in [0.1, 0.15) is 0 Å². The summed E-state index contributed by atoms with van der Waals surface area (Å²) in [7, 11) is 0. The molecule has 1 aromatic rings. The molecule has 3 rings (SSSR count). The molecule has 1 aliphatic heterocycles. The van der Waals surface area contributed by atoms with Gasteiger partial charge in [-0.15, -0.1) is 0 Å². The van der Waals surface area contributed by atoms with E-state index in [-0.39, 0.29) is 0 Å². The van der Waals surface area contributed by atoms with Crippen LogP contribution in [0.1, 0.15) is 24.8 Å². The Morgan fingerprint density at radius 3 is 2.56 bits per heavy atom. The van der Waals surface area contributed by atoms with Crippen molar-refractivity contribution in [2.45, 2.75) is 30.7 Å². The summed E-state index contributed by atoms with van der Waals surface area (Å²) in [6.45, 7) is 3.50. The lowest BCUT2D eigenvalue weighted by molar-refractivity contribution is 0.301. The molecule has 1 saturated carbocycles. The van der Waals surface area contributed by atoms with Gasteiger partial charge in [0, 0.05) is 24.5 Å². The molecular weight excluding hydrogens is 196 g/mol. The molecule has 1 aliphatic carbocycles. The van der Waals surface area contributed by atoms with Crippen LogP contribution < -0.4 is 5.73 Å². The van der Waals surface area contributed by atoms with Gasteiger partial charge in [-0.05, 0) is 31.4 Å². The molecule has 86 valence electrons. The average molecular weight is 216 g/mol. The Hall–Kier alpha value is -0.860. The molecule has 1 heterocycles. The van der Waals surface area contributed by atoms with Gasteiger partial charge < -0.3 is 10.6 Å². The van der Waals surface area contributed by atoms with Gasteiger partial charge in [-0.2, -0.15) is 0 Å². The lowest BCUT2D eigenvalue weighted by atomic mass is 9.95. The van der Waals surface area contributed by atoms with Gasteiger partial charge in [0.25, 0.3) is 0 Å². The Balaban J connectivity index is 1.70. The van der Waals surface area contributed by atoms with Gasteiger partial charge in [-0.3, -0.25) is 0 Å². The molecule has 16 heavy (non-hydrogen) atoms. The number of hydrogen-bond donors (Lipinski definition) is 1. The second-order valence-electron chi connectivity index (χ2n) is 5.43. The minimum atomic E-state index is 0.409. The van der Waals surface area contributed by atoms with E-state index >= 15 is 0 Å². The first kappa shape index (κ1) is 10.3. The maximum absolute atomic E-state index is 5.96. The van der Waals surface area contributed by atoms with Crippen molar-refractivity contribution < 1.29 is 0 Å². The Labute approximate surface area is 97.4 Å². The lowest BCUT2D eigenvalue weighted by Gasteiger charge is -2.23. The number of benzene rings is 1. The van der Waals surface area contributed by atoms with E-state index in [1.54, 1.807) is 0 Å². The van der Waals surface area contributed by atoms with E-state index in [1.807, 2.05) is 0 Å². The first-order valence-electron chi connectivity index (χ1n) is 6.32. The fraction of sp³-hybridized carbons (Fsp3) is 0.571. The highest BCUT2D eigenvalue weighted by molar-refractivity contribution is 5.31. The summed E-state index contributed by atoms with van der Waals surface area (Å²) in [5, 5.41) is 0. The third-order valence-corrected chi connectivity index (χ3v) is 4.07. The Kier molecular flexibility index (Phi) is 2.49. The topological polar surface area (TPSA) is 29.3 Å². The highest BCUT2D eigenvalue weighted by atomic mass is 15.2. The molecule has 0 bridgehead atoms. The van der Waals surface area contributed by atoms with Crippen LogP contribution in [-0.2, 0) is 5.41 Å². The molecule has 1 aromatic carbocycles. The lowest BCUT2D eigenvalue weighted by Crippen LogP contribution is -2.33.